The molecule has 4 heteroatoms. The molecule has 1 amide bonds. The van der Waals surface area contributed by atoms with Crippen molar-refractivity contribution in [3.05, 3.63) is 35.4 Å². The van der Waals surface area contributed by atoms with Crippen LogP contribution in [0, 0.1) is 28.6 Å². The smallest absolute Gasteiger partial charge is 0.254 e. The van der Waals surface area contributed by atoms with E-state index in [1.807, 2.05) is 6.07 Å². The molecule has 102 valence electrons. The van der Waals surface area contributed by atoms with Gasteiger partial charge in [-0.15, -0.1) is 0 Å². The highest BCUT2D eigenvalue weighted by Crippen LogP contribution is 2.35. The highest BCUT2D eigenvalue weighted by molar-refractivity contribution is 5.94. The third-order valence-corrected chi connectivity index (χ3v) is 3.78. The Labute approximate surface area is 119 Å². The van der Waals surface area contributed by atoms with Gasteiger partial charge in [0.2, 0.25) is 0 Å². The first-order valence-electron chi connectivity index (χ1n) is 6.85. The molecule has 1 aliphatic carbocycles. The Morgan fingerprint density at radius 3 is 2.50 bits per heavy atom. The first-order valence-corrected chi connectivity index (χ1v) is 6.85. The van der Waals surface area contributed by atoms with Crippen LogP contribution in [0.4, 0.5) is 0 Å². The van der Waals surface area contributed by atoms with Crippen LogP contribution in [0.25, 0.3) is 0 Å². The van der Waals surface area contributed by atoms with Gasteiger partial charge in [-0.3, -0.25) is 4.79 Å². The molecule has 1 fully saturated rings. The molecule has 1 aromatic rings. The largest absolute Gasteiger partial charge is 0.335 e. The zero-order valence-electron chi connectivity index (χ0n) is 11.5. The van der Waals surface area contributed by atoms with E-state index in [-0.39, 0.29) is 11.9 Å². The van der Waals surface area contributed by atoms with Crippen molar-refractivity contribution in [2.45, 2.75) is 32.2 Å². The van der Waals surface area contributed by atoms with E-state index in [0.29, 0.717) is 30.0 Å². The predicted molar refractivity (Wildman–Crippen MR) is 74.6 cm³/mol. The summed E-state index contributed by atoms with van der Waals surface area (Å²) in [6, 6.07) is 11.0. The molecule has 0 spiro atoms. The molecule has 0 bridgehead atoms. The van der Waals surface area contributed by atoms with E-state index in [4.69, 9.17) is 10.5 Å². The minimum absolute atomic E-state index is 0.0517. The fourth-order valence-corrected chi connectivity index (χ4v) is 2.35. The van der Waals surface area contributed by atoms with Crippen molar-refractivity contribution >= 4 is 5.91 Å². The average Bonchev–Trinajstić information content (AvgIpc) is 3.32. The SMILES string of the molecule is CC(C1CC1)N(CCC#N)C(=O)c1ccc(C#N)cc1. The van der Waals surface area contributed by atoms with Crippen LogP contribution in [-0.2, 0) is 0 Å². The standard InChI is InChI=1S/C16H17N3O/c1-12(14-7-8-14)19(10-2-9-17)16(20)15-5-3-13(11-18)4-6-15/h3-6,12,14H,2,7-8,10H2,1H3. The number of amides is 1. The highest BCUT2D eigenvalue weighted by atomic mass is 16.2. The van der Waals surface area contributed by atoms with Crippen molar-refractivity contribution in [1.29, 1.82) is 10.5 Å². The maximum absolute atomic E-state index is 12.6. The molecule has 1 atom stereocenters. The Hall–Kier alpha value is -2.33. The van der Waals surface area contributed by atoms with Gasteiger partial charge in [-0.2, -0.15) is 10.5 Å². The summed E-state index contributed by atoms with van der Waals surface area (Å²) in [6.45, 7) is 2.52. The van der Waals surface area contributed by atoms with E-state index >= 15 is 0 Å². The Morgan fingerprint density at radius 1 is 1.35 bits per heavy atom. The molecule has 1 aromatic carbocycles. The van der Waals surface area contributed by atoms with Crippen molar-refractivity contribution < 1.29 is 4.79 Å². The van der Waals surface area contributed by atoms with Gasteiger partial charge in [-0.25, -0.2) is 0 Å². The van der Waals surface area contributed by atoms with E-state index in [0.717, 1.165) is 12.8 Å². The molecule has 0 N–H and O–H groups in total. The molecule has 0 saturated heterocycles. The summed E-state index contributed by atoms with van der Waals surface area (Å²) in [4.78, 5) is 14.4. The lowest BCUT2D eigenvalue weighted by Gasteiger charge is -2.28. The molecular formula is C16H17N3O. The number of nitrogens with zero attached hydrogens (tertiary/aromatic N) is 3. The van der Waals surface area contributed by atoms with E-state index in [9.17, 15) is 4.79 Å². The lowest BCUT2D eigenvalue weighted by atomic mass is 10.1. The van der Waals surface area contributed by atoms with E-state index in [2.05, 4.69) is 13.0 Å². The third kappa shape index (κ3) is 3.16. The summed E-state index contributed by atoms with van der Waals surface area (Å²) in [5.41, 5.74) is 1.12. The third-order valence-electron chi connectivity index (χ3n) is 3.78. The van der Waals surface area contributed by atoms with E-state index in [1.54, 1.807) is 29.2 Å². The quantitative estimate of drug-likeness (QED) is 0.823. The van der Waals surface area contributed by atoms with Gasteiger partial charge in [0, 0.05) is 18.2 Å². The zero-order chi connectivity index (χ0) is 14.5. The monoisotopic (exact) mass is 267 g/mol. The minimum Gasteiger partial charge on any atom is -0.335 e. The molecule has 0 aromatic heterocycles. The van der Waals surface area contributed by atoms with Crippen molar-refractivity contribution in [3.63, 3.8) is 0 Å². The van der Waals surface area contributed by atoms with E-state index < -0.39 is 0 Å². The number of rotatable bonds is 5. The second-order valence-electron chi connectivity index (χ2n) is 5.17. The Kier molecular flexibility index (Phi) is 4.38. The molecule has 0 heterocycles. The van der Waals surface area contributed by atoms with Crippen LogP contribution >= 0.6 is 0 Å². The second-order valence-corrected chi connectivity index (χ2v) is 5.17. The summed E-state index contributed by atoms with van der Waals surface area (Å²) in [6.07, 6.45) is 2.66. The average molecular weight is 267 g/mol. The molecule has 20 heavy (non-hydrogen) atoms. The zero-order valence-corrected chi connectivity index (χ0v) is 11.5. The van der Waals surface area contributed by atoms with Crippen molar-refractivity contribution in [2.75, 3.05) is 6.54 Å². The van der Waals surface area contributed by atoms with Gasteiger partial charge in [0.15, 0.2) is 0 Å². The summed E-state index contributed by atoms with van der Waals surface area (Å²) < 4.78 is 0. The van der Waals surface area contributed by atoms with Crippen molar-refractivity contribution in [2.24, 2.45) is 5.92 Å². The fourth-order valence-electron chi connectivity index (χ4n) is 2.35. The molecular weight excluding hydrogens is 250 g/mol. The fraction of sp³-hybridized carbons (Fsp3) is 0.438. The predicted octanol–water partition coefficient (Wildman–Crippen LogP) is 2.71. The van der Waals surface area contributed by atoms with Gasteiger partial charge >= 0.3 is 0 Å². The second kappa shape index (κ2) is 6.21. The topological polar surface area (TPSA) is 67.9 Å². The molecule has 4 nitrogen and oxygen atoms in total. The Bertz CT molecular complexity index is 561. The first-order chi connectivity index (χ1) is 9.67. The van der Waals surface area contributed by atoms with Crippen molar-refractivity contribution in [3.8, 4) is 12.1 Å². The summed E-state index contributed by atoms with van der Waals surface area (Å²) >= 11 is 0. The van der Waals surface area contributed by atoms with Gasteiger partial charge in [-0.05, 0) is 49.9 Å². The summed E-state index contributed by atoms with van der Waals surface area (Å²) in [7, 11) is 0. The van der Waals surface area contributed by atoms with Gasteiger partial charge < -0.3 is 4.90 Å². The van der Waals surface area contributed by atoms with Crippen molar-refractivity contribution in [1.82, 2.24) is 4.90 Å². The molecule has 1 saturated carbocycles. The van der Waals surface area contributed by atoms with E-state index in [1.165, 1.54) is 0 Å². The van der Waals surface area contributed by atoms with Gasteiger partial charge in [0.1, 0.15) is 0 Å². The molecule has 2 rings (SSSR count). The number of carbonyl (C=O) groups is 1. The maximum atomic E-state index is 12.6. The Morgan fingerprint density at radius 2 is 2.00 bits per heavy atom. The highest BCUT2D eigenvalue weighted by Gasteiger charge is 2.34. The Balaban J connectivity index is 2.16. The number of hydrogen-bond acceptors (Lipinski definition) is 3. The van der Waals surface area contributed by atoms with Crippen LogP contribution in [0.15, 0.2) is 24.3 Å². The van der Waals surface area contributed by atoms with Gasteiger partial charge in [0.25, 0.3) is 5.91 Å². The van der Waals surface area contributed by atoms with Crippen LogP contribution in [0.3, 0.4) is 0 Å². The molecule has 1 unspecified atom stereocenters. The lowest BCUT2D eigenvalue weighted by Crippen LogP contribution is -2.40. The number of benzene rings is 1. The number of hydrogen-bond donors (Lipinski definition) is 0. The van der Waals surface area contributed by atoms with Gasteiger partial charge in [0.05, 0.1) is 24.1 Å². The van der Waals surface area contributed by atoms with Crippen LogP contribution in [0.1, 0.15) is 42.1 Å². The molecule has 0 aliphatic heterocycles. The molecule has 1 aliphatic rings. The lowest BCUT2D eigenvalue weighted by molar-refractivity contribution is 0.0677. The number of nitriles is 2. The summed E-state index contributed by atoms with van der Waals surface area (Å²) in [5, 5.41) is 17.5. The summed E-state index contributed by atoms with van der Waals surface area (Å²) in [5.74, 6) is 0.514. The van der Waals surface area contributed by atoms with Crippen LogP contribution in [-0.4, -0.2) is 23.4 Å². The van der Waals surface area contributed by atoms with Crippen LogP contribution < -0.4 is 0 Å². The number of carbonyl (C=O) groups excluding carboxylic acids is 1. The normalized spacial score (nSPS) is 14.9. The van der Waals surface area contributed by atoms with Crippen LogP contribution in [0.5, 0.6) is 0 Å². The molecule has 0 radical (unpaired) electrons. The van der Waals surface area contributed by atoms with Gasteiger partial charge in [-0.1, -0.05) is 0 Å². The maximum Gasteiger partial charge on any atom is 0.254 e. The minimum atomic E-state index is -0.0517. The first kappa shape index (κ1) is 14.1. The van der Waals surface area contributed by atoms with Crippen LogP contribution in [0.2, 0.25) is 0 Å².